The predicted octanol–water partition coefficient (Wildman–Crippen LogP) is 3.86. The van der Waals surface area contributed by atoms with E-state index >= 15 is 0 Å². The maximum absolute atomic E-state index is 12.7. The molecule has 0 saturated heterocycles. The fourth-order valence-corrected chi connectivity index (χ4v) is 4.18. The van der Waals surface area contributed by atoms with Crippen molar-refractivity contribution in [3.05, 3.63) is 47.5 Å². The number of nitrogens with one attached hydrogen (secondary N) is 1. The molecule has 0 spiro atoms. The van der Waals surface area contributed by atoms with E-state index in [-0.39, 0.29) is 11.8 Å². The minimum Gasteiger partial charge on any atom is -0.494 e. The molecule has 2 amide bonds. The Balaban J connectivity index is 1.57. The average Bonchev–Trinajstić information content (AvgIpc) is 3.29. The molecule has 2 heterocycles. The summed E-state index contributed by atoms with van der Waals surface area (Å²) in [4.78, 5) is 30.9. The summed E-state index contributed by atoms with van der Waals surface area (Å²) in [5.74, 6) is 0.577. The minimum atomic E-state index is -0.212. The highest BCUT2D eigenvalue weighted by Gasteiger charge is 2.24. The number of ether oxygens (including phenoxy) is 1. The second-order valence-electron chi connectivity index (χ2n) is 6.27. The maximum Gasteiger partial charge on any atom is 0.257 e. The number of hydrogen-bond donors (Lipinski definition) is 1. The number of carbonyl (C=O) groups is 2. The van der Waals surface area contributed by atoms with Crippen molar-refractivity contribution in [1.82, 2.24) is 4.98 Å². The van der Waals surface area contributed by atoms with E-state index in [9.17, 15) is 9.59 Å². The quantitative estimate of drug-likeness (QED) is 0.745. The SMILES string of the molecule is CCC(=O)N1CCc2cc(C(=O)Nc3nc4c(OC)cccc4s3)ccc21. The Kier molecular flexibility index (Phi) is 4.53. The van der Waals surface area contributed by atoms with E-state index in [1.165, 1.54) is 11.3 Å². The summed E-state index contributed by atoms with van der Waals surface area (Å²) < 4.78 is 6.27. The molecule has 3 aromatic rings. The van der Waals surface area contributed by atoms with Crippen molar-refractivity contribution in [3.63, 3.8) is 0 Å². The first-order chi connectivity index (χ1) is 13.1. The summed E-state index contributed by atoms with van der Waals surface area (Å²) in [5, 5.41) is 3.40. The summed E-state index contributed by atoms with van der Waals surface area (Å²) in [5.41, 5.74) is 3.23. The molecule has 0 aliphatic carbocycles. The molecule has 1 aromatic heterocycles. The molecule has 1 N–H and O–H groups in total. The van der Waals surface area contributed by atoms with E-state index in [0.29, 0.717) is 29.4 Å². The number of nitrogens with zero attached hydrogens (tertiary/aromatic N) is 2. The molecule has 6 nitrogen and oxygen atoms in total. The maximum atomic E-state index is 12.7. The lowest BCUT2D eigenvalue weighted by molar-refractivity contribution is -0.118. The third-order valence-corrected chi connectivity index (χ3v) is 5.60. The lowest BCUT2D eigenvalue weighted by Crippen LogP contribution is -2.27. The number of aromatic nitrogens is 1. The molecule has 27 heavy (non-hydrogen) atoms. The third kappa shape index (κ3) is 3.14. The molecular weight excluding hydrogens is 362 g/mol. The van der Waals surface area contributed by atoms with Crippen LogP contribution in [0.4, 0.5) is 10.8 Å². The standard InChI is InChI=1S/C20H19N3O3S/c1-3-17(24)23-10-9-12-11-13(7-8-14(12)23)19(25)22-20-21-18-15(26-2)5-4-6-16(18)27-20/h4-8,11H,3,9-10H2,1-2H3,(H,21,22,25). The smallest absolute Gasteiger partial charge is 0.257 e. The zero-order valence-electron chi connectivity index (χ0n) is 15.1. The van der Waals surface area contributed by atoms with Crippen LogP contribution in [0.5, 0.6) is 5.75 Å². The largest absolute Gasteiger partial charge is 0.494 e. The first-order valence-electron chi connectivity index (χ1n) is 8.79. The molecule has 0 atom stereocenters. The van der Waals surface area contributed by atoms with E-state index in [1.54, 1.807) is 18.1 Å². The number of amides is 2. The molecule has 0 fully saturated rings. The molecule has 1 aliphatic heterocycles. The van der Waals surface area contributed by atoms with Crippen molar-refractivity contribution in [2.24, 2.45) is 0 Å². The van der Waals surface area contributed by atoms with Crippen LogP contribution in [0, 0.1) is 0 Å². The van der Waals surface area contributed by atoms with Gasteiger partial charge >= 0.3 is 0 Å². The second kappa shape index (κ2) is 7.00. The lowest BCUT2D eigenvalue weighted by atomic mass is 10.1. The Hall–Kier alpha value is -2.93. The summed E-state index contributed by atoms with van der Waals surface area (Å²) in [6.45, 7) is 2.53. The Morgan fingerprint density at radius 3 is 2.93 bits per heavy atom. The molecule has 0 saturated carbocycles. The van der Waals surface area contributed by atoms with Gasteiger partial charge in [-0.25, -0.2) is 4.98 Å². The van der Waals surface area contributed by atoms with Crippen LogP contribution in [0.2, 0.25) is 0 Å². The second-order valence-corrected chi connectivity index (χ2v) is 7.30. The van der Waals surface area contributed by atoms with Crippen LogP contribution >= 0.6 is 11.3 Å². The summed E-state index contributed by atoms with van der Waals surface area (Å²) >= 11 is 1.41. The number of methoxy groups -OCH3 is 1. The number of benzene rings is 2. The van der Waals surface area contributed by atoms with Crippen molar-refractivity contribution in [2.75, 3.05) is 23.9 Å². The van der Waals surface area contributed by atoms with Gasteiger partial charge in [0.25, 0.3) is 5.91 Å². The van der Waals surface area contributed by atoms with Gasteiger partial charge in [-0.15, -0.1) is 0 Å². The summed E-state index contributed by atoms with van der Waals surface area (Å²) in [7, 11) is 1.60. The molecule has 2 aromatic carbocycles. The highest BCUT2D eigenvalue weighted by molar-refractivity contribution is 7.22. The number of anilines is 2. The van der Waals surface area contributed by atoms with Crippen LogP contribution in [0.25, 0.3) is 10.2 Å². The van der Waals surface area contributed by atoms with Crippen molar-refractivity contribution in [2.45, 2.75) is 19.8 Å². The lowest BCUT2D eigenvalue weighted by Gasteiger charge is -2.16. The van der Waals surface area contributed by atoms with E-state index in [2.05, 4.69) is 10.3 Å². The molecule has 138 valence electrons. The van der Waals surface area contributed by atoms with Gasteiger partial charge in [0.2, 0.25) is 5.91 Å². The molecule has 0 bridgehead atoms. The van der Waals surface area contributed by atoms with Crippen LogP contribution in [0.15, 0.2) is 36.4 Å². The van der Waals surface area contributed by atoms with Crippen molar-refractivity contribution in [1.29, 1.82) is 0 Å². The van der Waals surface area contributed by atoms with Gasteiger partial charge in [-0.2, -0.15) is 0 Å². The highest BCUT2D eigenvalue weighted by Crippen LogP contribution is 2.33. The Labute approximate surface area is 160 Å². The fraction of sp³-hybridized carbons (Fsp3) is 0.250. The zero-order chi connectivity index (χ0) is 19.0. The number of hydrogen-bond acceptors (Lipinski definition) is 5. The normalized spacial score (nSPS) is 12.9. The molecule has 0 radical (unpaired) electrons. The van der Waals surface area contributed by atoms with E-state index in [1.807, 2.05) is 37.3 Å². The number of fused-ring (bicyclic) bond motifs is 2. The van der Waals surface area contributed by atoms with Crippen LogP contribution in [0.3, 0.4) is 0 Å². The third-order valence-electron chi connectivity index (χ3n) is 4.66. The number of para-hydroxylation sites is 1. The fourth-order valence-electron chi connectivity index (χ4n) is 3.30. The van der Waals surface area contributed by atoms with Crippen LogP contribution in [-0.4, -0.2) is 30.5 Å². The van der Waals surface area contributed by atoms with Gasteiger partial charge in [-0.3, -0.25) is 14.9 Å². The number of thiazole rings is 1. The van der Waals surface area contributed by atoms with Crippen LogP contribution in [-0.2, 0) is 11.2 Å². The number of carbonyl (C=O) groups excluding carboxylic acids is 2. The molecule has 4 rings (SSSR count). The van der Waals surface area contributed by atoms with Gasteiger partial charge < -0.3 is 9.64 Å². The van der Waals surface area contributed by atoms with Gasteiger partial charge in [0.05, 0.1) is 11.8 Å². The highest BCUT2D eigenvalue weighted by atomic mass is 32.1. The van der Waals surface area contributed by atoms with Crippen LogP contribution in [0.1, 0.15) is 29.3 Å². The van der Waals surface area contributed by atoms with Gasteiger partial charge in [-0.05, 0) is 42.3 Å². The molecule has 7 heteroatoms. The topological polar surface area (TPSA) is 71.5 Å². The van der Waals surface area contributed by atoms with Gasteiger partial charge in [0, 0.05) is 24.2 Å². The van der Waals surface area contributed by atoms with Crippen molar-refractivity contribution >= 4 is 44.2 Å². The minimum absolute atomic E-state index is 0.106. The van der Waals surface area contributed by atoms with E-state index in [4.69, 9.17) is 4.74 Å². The van der Waals surface area contributed by atoms with E-state index < -0.39 is 0 Å². The average molecular weight is 381 g/mol. The van der Waals surface area contributed by atoms with Gasteiger partial charge in [0.15, 0.2) is 5.13 Å². The Morgan fingerprint density at radius 1 is 1.30 bits per heavy atom. The predicted molar refractivity (Wildman–Crippen MR) is 107 cm³/mol. The first-order valence-corrected chi connectivity index (χ1v) is 9.60. The van der Waals surface area contributed by atoms with Gasteiger partial charge in [-0.1, -0.05) is 24.3 Å². The van der Waals surface area contributed by atoms with Crippen molar-refractivity contribution < 1.29 is 14.3 Å². The Bertz CT molecular complexity index is 1040. The first kappa shape index (κ1) is 17.5. The molecule has 1 aliphatic rings. The zero-order valence-corrected chi connectivity index (χ0v) is 15.9. The monoisotopic (exact) mass is 381 g/mol. The van der Waals surface area contributed by atoms with Crippen molar-refractivity contribution in [3.8, 4) is 5.75 Å². The van der Waals surface area contributed by atoms with Gasteiger partial charge in [0.1, 0.15) is 11.3 Å². The molecule has 0 unspecified atom stereocenters. The summed E-state index contributed by atoms with van der Waals surface area (Å²) in [6, 6.07) is 11.2. The number of rotatable bonds is 4. The summed E-state index contributed by atoms with van der Waals surface area (Å²) in [6.07, 6.45) is 1.24. The van der Waals surface area contributed by atoms with Crippen LogP contribution < -0.4 is 15.0 Å². The van der Waals surface area contributed by atoms with E-state index in [0.717, 1.165) is 27.9 Å². The molecular formula is C20H19N3O3S. The Morgan fingerprint density at radius 2 is 2.15 bits per heavy atom.